The molecule has 0 fully saturated rings. The van der Waals surface area contributed by atoms with E-state index in [-0.39, 0.29) is 23.3 Å². The van der Waals surface area contributed by atoms with Gasteiger partial charge in [-0.15, -0.1) is 0 Å². The van der Waals surface area contributed by atoms with Gasteiger partial charge in [-0.05, 0) is 55.2 Å². The van der Waals surface area contributed by atoms with E-state index >= 15 is 0 Å². The average molecular weight is 429 g/mol. The van der Waals surface area contributed by atoms with Gasteiger partial charge in [0.1, 0.15) is 5.25 Å². The molecule has 156 valence electrons. The van der Waals surface area contributed by atoms with E-state index in [0.717, 1.165) is 11.6 Å². The lowest BCUT2D eigenvalue weighted by molar-refractivity contribution is 0.453. The number of benzene rings is 2. The van der Waals surface area contributed by atoms with Gasteiger partial charge in [-0.3, -0.25) is 4.98 Å². The molecule has 3 aromatic rings. The van der Waals surface area contributed by atoms with Crippen molar-refractivity contribution in [3.63, 3.8) is 0 Å². The van der Waals surface area contributed by atoms with E-state index in [0.29, 0.717) is 11.3 Å². The summed E-state index contributed by atoms with van der Waals surface area (Å²) in [6.07, 6.45) is 2.02. The number of aromatic nitrogens is 1. The van der Waals surface area contributed by atoms with Crippen LogP contribution in [0.5, 0.6) is 0 Å². The van der Waals surface area contributed by atoms with Crippen molar-refractivity contribution in [2.24, 2.45) is 5.73 Å². The van der Waals surface area contributed by atoms with Crippen LogP contribution in [0.1, 0.15) is 52.4 Å². The maximum Gasteiger partial charge on any atom is 0.186 e. The zero-order valence-electron chi connectivity index (χ0n) is 16.4. The highest BCUT2D eigenvalue weighted by atomic mass is 32.2. The summed E-state index contributed by atoms with van der Waals surface area (Å²) in [7, 11) is -3.75. The Morgan fingerprint density at radius 3 is 2.40 bits per heavy atom. The topological polar surface area (TPSA) is 73.0 Å². The molecule has 4 rings (SSSR count). The first-order valence-electron chi connectivity index (χ1n) is 9.75. The van der Waals surface area contributed by atoms with E-state index in [4.69, 9.17) is 5.73 Å². The molecule has 2 aromatic carbocycles. The van der Waals surface area contributed by atoms with Crippen LogP contribution >= 0.6 is 0 Å². The Bertz CT molecular complexity index is 1180. The number of nitrogens with two attached hydrogens (primary N) is 1. The summed E-state index contributed by atoms with van der Waals surface area (Å²) < 4.78 is 55.3. The third-order valence-corrected chi connectivity index (χ3v) is 7.95. The summed E-state index contributed by atoms with van der Waals surface area (Å²) in [6.45, 7) is 1.88. The number of sulfone groups is 1. The smallest absolute Gasteiger partial charge is 0.186 e. The molecule has 1 aromatic heterocycles. The first kappa shape index (κ1) is 20.6. The molecule has 0 unspecified atom stereocenters. The number of nitrogens with zero attached hydrogens (tertiary/aromatic N) is 1. The van der Waals surface area contributed by atoms with E-state index in [9.17, 15) is 17.2 Å². The van der Waals surface area contributed by atoms with Crippen LogP contribution in [0.25, 0.3) is 0 Å². The van der Waals surface area contributed by atoms with Crippen molar-refractivity contribution in [1.82, 2.24) is 4.98 Å². The van der Waals surface area contributed by atoms with Gasteiger partial charge in [0.05, 0.1) is 10.6 Å². The van der Waals surface area contributed by atoms with Crippen LogP contribution in [0.15, 0.2) is 65.7 Å². The van der Waals surface area contributed by atoms with Gasteiger partial charge >= 0.3 is 0 Å². The molecule has 7 heteroatoms. The van der Waals surface area contributed by atoms with Crippen molar-refractivity contribution in [2.75, 3.05) is 0 Å². The van der Waals surface area contributed by atoms with Crippen molar-refractivity contribution >= 4 is 9.84 Å². The molecule has 1 aliphatic carbocycles. The second-order valence-electron chi connectivity index (χ2n) is 7.68. The second-order valence-corrected chi connectivity index (χ2v) is 9.81. The Morgan fingerprint density at radius 2 is 1.67 bits per heavy atom. The van der Waals surface area contributed by atoms with Crippen molar-refractivity contribution in [3.8, 4) is 0 Å². The molecule has 4 nitrogen and oxygen atoms in total. The molecule has 0 radical (unpaired) electrons. The highest BCUT2D eigenvalue weighted by Gasteiger charge is 2.39. The number of halogens is 2. The third kappa shape index (κ3) is 3.52. The van der Waals surface area contributed by atoms with E-state index in [1.807, 2.05) is 6.92 Å². The molecule has 0 saturated heterocycles. The third-order valence-electron chi connectivity index (χ3n) is 5.81. The molecule has 3 atom stereocenters. The number of aryl methyl sites for hydroxylation is 1. The highest BCUT2D eigenvalue weighted by Crippen LogP contribution is 2.45. The van der Waals surface area contributed by atoms with Crippen LogP contribution in [-0.4, -0.2) is 13.4 Å². The van der Waals surface area contributed by atoms with Gasteiger partial charge in [0.2, 0.25) is 0 Å². The average Bonchev–Trinajstić information content (AvgIpc) is 2.88. The van der Waals surface area contributed by atoms with Gasteiger partial charge in [-0.2, -0.15) is 0 Å². The van der Waals surface area contributed by atoms with Crippen molar-refractivity contribution in [2.45, 2.75) is 41.9 Å². The van der Waals surface area contributed by atoms with E-state index in [1.165, 1.54) is 18.3 Å². The highest BCUT2D eigenvalue weighted by molar-refractivity contribution is 7.91. The summed E-state index contributed by atoms with van der Waals surface area (Å²) in [6, 6.07) is 13.4. The molecule has 1 aliphatic rings. The van der Waals surface area contributed by atoms with Gasteiger partial charge in [-0.25, -0.2) is 17.2 Å². The second kappa shape index (κ2) is 7.89. The first-order chi connectivity index (χ1) is 14.3. The van der Waals surface area contributed by atoms with Gasteiger partial charge in [0, 0.05) is 18.2 Å². The number of rotatable bonds is 3. The Kier molecular flexibility index (Phi) is 5.42. The Balaban J connectivity index is 1.82. The molecular formula is C23H22F2N2O2S. The quantitative estimate of drug-likeness (QED) is 0.611. The van der Waals surface area contributed by atoms with Crippen LogP contribution in [0.3, 0.4) is 0 Å². The molecule has 0 aliphatic heterocycles. The monoisotopic (exact) mass is 428 g/mol. The normalized spacial score (nSPS) is 21.7. The lowest BCUT2D eigenvalue weighted by Gasteiger charge is -2.23. The molecule has 0 spiro atoms. The van der Waals surface area contributed by atoms with Crippen LogP contribution in [0, 0.1) is 18.6 Å². The number of pyridine rings is 1. The van der Waals surface area contributed by atoms with E-state index in [1.54, 1.807) is 36.4 Å². The molecule has 2 N–H and O–H groups in total. The standard InChI is InChI=1S/C23H22F2N2O2S/c1-14-7-9-15(10-8-14)30(28,29)20-12-11-17(16-4-2-6-19(24)21(16)25)22(26)18-5-3-13-27-23(18)20/h2-10,13,17,20,22H,11-12,26H2,1H3/t17-,20+,22+/m0/s1. The molecule has 1 heterocycles. The lowest BCUT2D eigenvalue weighted by atomic mass is 9.86. The van der Waals surface area contributed by atoms with Gasteiger partial charge in [0.15, 0.2) is 21.5 Å². The fraction of sp³-hybridized carbons (Fsp3) is 0.261. The zero-order valence-corrected chi connectivity index (χ0v) is 17.2. The number of hydrogen-bond donors (Lipinski definition) is 1. The zero-order chi connectivity index (χ0) is 21.5. The Hall–Kier alpha value is -2.64. The predicted molar refractivity (Wildman–Crippen MR) is 111 cm³/mol. The first-order valence-corrected chi connectivity index (χ1v) is 11.3. The maximum absolute atomic E-state index is 14.5. The van der Waals surface area contributed by atoms with Crippen LogP contribution in [0.2, 0.25) is 0 Å². The van der Waals surface area contributed by atoms with E-state index in [2.05, 4.69) is 4.98 Å². The summed E-state index contributed by atoms with van der Waals surface area (Å²) in [5, 5.41) is -0.913. The number of fused-ring (bicyclic) bond motifs is 1. The summed E-state index contributed by atoms with van der Waals surface area (Å²) >= 11 is 0. The SMILES string of the molecule is Cc1ccc(S(=O)(=O)[C@@H]2CC[C@@H](c3cccc(F)c3F)[C@@H](N)c3cccnc32)cc1. The molecule has 30 heavy (non-hydrogen) atoms. The van der Waals surface area contributed by atoms with Crippen LogP contribution < -0.4 is 5.73 Å². The summed E-state index contributed by atoms with van der Waals surface area (Å²) in [5.41, 5.74) is 8.52. The summed E-state index contributed by atoms with van der Waals surface area (Å²) in [4.78, 5) is 4.57. The van der Waals surface area contributed by atoms with Crippen LogP contribution in [0.4, 0.5) is 8.78 Å². The van der Waals surface area contributed by atoms with E-state index < -0.39 is 38.7 Å². The number of hydrogen-bond acceptors (Lipinski definition) is 4. The Morgan fingerprint density at radius 1 is 0.967 bits per heavy atom. The summed E-state index contributed by atoms with van der Waals surface area (Å²) in [5.74, 6) is -2.45. The van der Waals surface area contributed by atoms with Crippen molar-refractivity contribution < 1.29 is 17.2 Å². The molecule has 0 saturated carbocycles. The molecular weight excluding hydrogens is 406 g/mol. The predicted octanol–water partition coefficient (Wildman–Crippen LogP) is 4.76. The van der Waals surface area contributed by atoms with Gasteiger partial charge in [-0.1, -0.05) is 35.9 Å². The molecule has 0 amide bonds. The molecule has 0 bridgehead atoms. The fourth-order valence-electron chi connectivity index (χ4n) is 4.19. The maximum atomic E-state index is 14.5. The minimum atomic E-state index is -3.75. The largest absolute Gasteiger partial charge is 0.323 e. The van der Waals surface area contributed by atoms with Crippen molar-refractivity contribution in [3.05, 3.63) is 94.8 Å². The van der Waals surface area contributed by atoms with Crippen molar-refractivity contribution in [1.29, 1.82) is 0 Å². The fourth-order valence-corrected chi connectivity index (χ4v) is 5.98. The van der Waals surface area contributed by atoms with Crippen LogP contribution in [-0.2, 0) is 9.84 Å². The minimum absolute atomic E-state index is 0.158. The lowest BCUT2D eigenvalue weighted by Crippen LogP contribution is -2.21. The Labute approximate surface area is 174 Å². The minimum Gasteiger partial charge on any atom is -0.323 e. The van der Waals surface area contributed by atoms with Gasteiger partial charge in [0.25, 0.3) is 0 Å². The van der Waals surface area contributed by atoms with Gasteiger partial charge < -0.3 is 5.73 Å².